The van der Waals surface area contributed by atoms with E-state index in [1.165, 1.54) is 33.0 Å². The van der Waals surface area contributed by atoms with E-state index in [1.54, 1.807) is 4.90 Å². The minimum absolute atomic E-state index is 0.0110. The number of rotatable bonds is 1. The second kappa shape index (κ2) is 3.05. The third-order valence-electron chi connectivity index (χ3n) is 3.32. The van der Waals surface area contributed by atoms with Crippen molar-refractivity contribution in [2.45, 2.75) is 12.8 Å². The van der Waals surface area contributed by atoms with E-state index in [0.717, 1.165) is 6.54 Å². The van der Waals surface area contributed by atoms with E-state index in [2.05, 4.69) is 0 Å². The second-order valence-corrected chi connectivity index (χ2v) is 3.92. The molecule has 3 saturated heterocycles. The first-order valence-electron chi connectivity index (χ1n) is 4.72. The Bertz CT molecular complexity index is 185. The lowest BCUT2D eigenvalue weighted by Gasteiger charge is -2.40. The van der Waals surface area contributed by atoms with E-state index in [-0.39, 0.29) is 11.9 Å². The Labute approximate surface area is 72.7 Å². The van der Waals surface area contributed by atoms with Crippen molar-refractivity contribution >= 4 is 5.97 Å². The molecular weight excluding hydrogens is 154 g/mol. The molecule has 1 N–H and O–H groups in total. The number of fused-ring (bicyclic) bond motifs is 3. The van der Waals surface area contributed by atoms with E-state index in [1.807, 2.05) is 0 Å². The predicted molar refractivity (Wildman–Crippen MR) is 43.8 cm³/mol. The van der Waals surface area contributed by atoms with Gasteiger partial charge in [0.05, 0.1) is 26.7 Å². The van der Waals surface area contributed by atoms with E-state index in [0.29, 0.717) is 5.92 Å². The Kier molecular flexibility index (Phi) is 2.05. The van der Waals surface area contributed by atoms with Gasteiger partial charge in [-0.3, -0.25) is 4.79 Å². The highest BCUT2D eigenvalue weighted by atomic mass is 16.5. The van der Waals surface area contributed by atoms with Gasteiger partial charge >= 0.3 is 5.97 Å². The van der Waals surface area contributed by atoms with Gasteiger partial charge in [-0.05, 0) is 5.92 Å². The number of quaternary nitrogens is 1. The second-order valence-electron chi connectivity index (χ2n) is 3.92. The van der Waals surface area contributed by atoms with Gasteiger partial charge in [-0.25, -0.2) is 0 Å². The van der Waals surface area contributed by atoms with Crippen LogP contribution in [0.3, 0.4) is 0 Å². The normalized spacial score (nSPS) is 39.6. The smallest absolute Gasteiger partial charge is 0.314 e. The van der Waals surface area contributed by atoms with Gasteiger partial charge in [-0.1, -0.05) is 0 Å². The Morgan fingerprint density at radius 2 is 2.08 bits per heavy atom. The highest BCUT2D eigenvalue weighted by Crippen LogP contribution is 2.24. The number of methoxy groups -OCH3 is 1. The molecule has 68 valence electrons. The number of nitrogens with one attached hydrogen (secondary N) is 1. The van der Waals surface area contributed by atoms with Crippen LogP contribution in [0.4, 0.5) is 0 Å². The molecule has 0 spiro atoms. The predicted octanol–water partition coefficient (Wildman–Crippen LogP) is -0.916. The monoisotopic (exact) mass is 170 g/mol. The van der Waals surface area contributed by atoms with Crippen LogP contribution < -0.4 is 4.90 Å². The third kappa shape index (κ3) is 1.22. The summed E-state index contributed by atoms with van der Waals surface area (Å²) in [6, 6.07) is 0. The van der Waals surface area contributed by atoms with Gasteiger partial charge in [0.2, 0.25) is 0 Å². The Hall–Kier alpha value is -0.570. The lowest BCUT2D eigenvalue weighted by Crippen LogP contribution is -3.16. The van der Waals surface area contributed by atoms with Gasteiger partial charge < -0.3 is 9.64 Å². The molecule has 3 heteroatoms. The molecule has 3 rings (SSSR count). The number of hydrogen-bond donors (Lipinski definition) is 1. The maximum Gasteiger partial charge on any atom is 0.314 e. The van der Waals surface area contributed by atoms with Crippen LogP contribution in [0.25, 0.3) is 0 Å². The zero-order valence-corrected chi connectivity index (χ0v) is 7.51. The van der Waals surface area contributed by atoms with Crippen LogP contribution >= 0.6 is 0 Å². The molecular formula is C9H16NO2+. The first-order valence-corrected chi connectivity index (χ1v) is 4.72. The fraction of sp³-hybridized carbons (Fsp3) is 0.889. The molecule has 0 aliphatic carbocycles. The van der Waals surface area contributed by atoms with Crippen molar-refractivity contribution in [1.29, 1.82) is 0 Å². The van der Waals surface area contributed by atoms with Gasteiger partial charge in [0.25, 0.3) is 0 Å². The molecule has 12 heavy (non-hydrogen) atoms. The molecule has 0 aromatic heterocycles. The van der Waals surface area contributed by atoms with Crippen LogP contribution in [0.5, 0.6) is 0 Å². The molecule has 3 nitrogen and oxygen atoms in total. The summed E-state index contributed by atoms with van der Waals surface area (Å²) in [5, 5.41) is 0. The molecule has 3 aliphatic heterocycles. The number of carbonyl (C=O) groups excluding carboxylic acids is 1. The standard InChI is InChI=1S/C9H15NO2/c1-12-9(11)8-6-10-4-2-7(8)3-5-10/h7-8H,2-6H2,1H3/p+1/t8-/m0/s1. The van der Waals surface area contributed by atoms with E-state index >= 15 is 0 Å². The Morgan fingerprint density at radius 1 is 1.42 bits per heavy atom. The molecule has 0 unspecified atom stereocenters. The average Bonchev–Trinajstić information content (AvgIpc) is 2.18. The summed E-state index contributed by atoms with van der Waals surface area (Å²) >= 11 is 0. The van der Waals surface area contributed by atoms with Gasteiger partial charge in [0.15, 0.2) is 0 Å². The molecule has 0 saturated carbocycles. The van der Waals surface area contributed by atoms with Gasteiger partial charge in [-0.15, -0.1) is 0 Å². The van der Waals surface area contributed by atoms with Gasteiger partial charge in [-0.2, -0.15) is 0 Å². The lowest BCUT2D eigenvalue weighted by atomic mass is 9.79. The van der Waals surface area contributed by atoms with Crippen LogP contribution in [-0.2, 0) is 9.53 Å². The van der Waals surface area contributed by atoms with Crippen molar-refractivity contribution in [1.82, 2.24) is 0 Å². The van der Waals surface area contributed by atoms with Crippen LogP contribution in [0.2, 0.25) is 0 Å². The molecule has 0 aromatic rings. The summed E-state index contributed by atoms with van der Waals surface area (Å²) in [6.07, 6.45) is 2.43. The zero-order valence-electron chi connectivity index (χ0n) is 7.51. The summed E-state index contributed by atoms with van der Waals surface area (Å²) in [5.41, 5.74) is 0. The maximum absolute atomic E-state index is 11.3. The zero-order chi connectivity index (χ0) is 8.55. The first kappa shape index (κ1) is 8.05. The molecule has 0 amide bonds. The quantitative estimate of drug-likeness (QED) is 0.516. The molecule has 3 aliphatic rings. The van der Waals surface area contributed by atoms with Crippen LogP contribution in [0.15, 0.2) is 0 Å². The fourth-order valence-electron chi connectivity index (χ4n) is 2.56. The highest BCUT2D eigenvalue weighted by molar-refractivity contribution is 5.72. The largest absolute Gasteiger partial charge is 0.469 e. The topological polar surface area (TPSA) is 30.7 Å². The molecule has 0 aromatic carbocycles. The summed E-state index contributed by atoms with van der Waals surface area (Å²) in [5.74, 6) is 0.833. The van der Waals surface area contributed by atoms with Gasteiger partial charge in [0, 0.05) is 12.8 Å². The minimum Gasteiger partial charge on any atom is -0.469 e. The number of ether oxygens (including phenoxy) is 1. The van der Waals surface area contributed by atoms with Crippen LogP contribution in [-0.4, -0.2) is 32.7 Å². The summed E-state index contributed by atoms with van der Waals surface area (Å²) in [7, 11) is 1.50. The highest BCUT2D eigenvalue weighted by Gasteiger charge is 2.41. The van der Waals surface area contributed by atoms with E-state index < -0.39 is 0 Å². The van der Waals surface area contributed by atoms with Crippen molar-refractivity contribution in [3.05, 3.63) is 0 Å². The van der Waals surface area contributed by atoms with Crippen molar-refractivity contribution in [2.24, 2.45) is 11.8 Å². The number of hydrogen-bond acceptors (Lipinski definition) is 2. The van der Waals surface area contributed by atoms with Crippen molar-refractivity contribution in [3.8, 4) is 0 Å². The maximum atomic E-state index is 11.3. The number of carbonyl (C=O) groups is 1. The summed E-state index contributed by atoms with van der Waals surface area (Å²) < 4.78 is 4.79. The first-order chi connectivity index (χ1) is 5.81. The van der Waals surface area contributed by atoms with Gasteiger partial charge in [0.1, 0.15) is 5.92 Å². The number of esters is 1. The van der Waals surface area contributed by atoms with Crippen molar-refractivity contribution < 1.29 is 14.4 Å². The summed E-state index contributed by atoms with van der Waals surface area (Å²) in [6.45, 7) is 3.54. The average molecular weight is 170 g/mol. The Balaban J connectivity index is 2.03. The Morgan fingerprint density at radius 3 is 2.50 bits per heavy atom. The minimum atomic E-state index is 0.0110. The molecule has 3 heterocycles. The van der Waals surface area contributed by atoms with E-state index in [4.69, 9.17) is 4.74 Å². The molecule has 1 atom stereocenters. The number of piperidine rings is 3. The third-order valence-corrected chi connectivity index (χ3v) is 3.32. The van der Waals surface area contributed by atoms with Crippen LogP contribution in [0.1, 0.15) is 12.8 Å². The van der Waals surface area contributed by atoms with Crippen LogP contribution in [0, 0.1) is 11.8 Å². The molecule has 0 radical (unpaired) electrons. The molecule has 3 fully saturated rings. The summed E-state index contributed by atoms with van der Waals surface area (Å²) in [4.78, 5) is 12.9. The lowest BCUT2D eigenvalue weighted by molar-refractivity contribution is -0.919. The SMILES string of the molecule is COC(=O)[C@H]1C[NH+]2CCC1CC2. The van der Waals surface area contributed by atoms with E-state index in [9.17, 15) is 4.79 Å². The van der Waals surface area contributed by atoms with Crippen molar-refractivity contribution in [2.75, 3.05) is 26.7 Å². The van der Waals surface area contributed by atoms with Crippen molar-refractivity contribution in [3.63, 3.8) is 0 Å². The fourth-order valence-corrected chi connectivity index (χ4v) is 2.56. The molecule has 2 bridgehead atoms.